The minimum atomic E-state index is -0.502. The molecule has 1 aromatic carbocycles. The van der Waals surface area contributed by atoms with Crippen LogP contribution < -0.4 is 14.8 Å². The Morgan fingerprint density at radius 2 is 1.74 bits per heavy atom. The van der Waals surface area contributed by atoms with Gasteiger partial charge in [0.25, 0.3) is 0 Å². The first-order valence-electron chi connectivity index (χ1n) is 8.75. The monoisotopic (exact) mass is 322 g/mol. The van der Waals surface area contributed by atoms with E-state index in [1.54, 1.807) is 0 Å². The van der Waals surface area contributed by atoms with Crippen LogP contribution in [0.1, 0.15) is 38.4 Å². The highest BCUT2D eigenvalue weighted by atomic mass is 16.5. The molecule has 5 nitrogen and oxygen atoms in total. The lowest BCUT2D eigenvalue weighted by Crippen LogP contribution is -2.44. The van der Waals surface area contributed by atoms with E-state index in [1.165, 1.54) is 0 Å². The summed E-state index contributed by atoms with van der Waals surface area (Å²) >= 11 is 0. The van der Waals surface area contributed by atoms with E-state index >= 15 is 0 Å². The number of hydrogen-bond donors (Lipinski definition) is 2. The van der Waals surface area contributed by atoms with Gasteiger partial charge in [-0.2, -0.15) is 0 Å². The van der Waals surface area contributed by atoms with Crippen molar-refractivity contribution in [2.75, 3.05) is 45.9 Å². The van der Waals surface area contributed by atoms with Crippen molar-refractivity contribution in [3.63, 3.8) is 0 Å². The van der Waals surface area contributed by atoms with Crippen LogP contribution in [0.25, 0.3) is 0 Å². The Bertz CT molecular complexity index is 462. The van der Waals surface area contributed by atoms with Crippen LogP contribution in [0.3, 0.4) is 0 Å². The van der Waals surface area contributed by atoms with Gasteiger partial charge in [-0.05, 0) is 30.5 Å². The molecule has 1 saturated heterocycles. The molecule has 130 valence electrons. The van der Waals surface area contributed by atoms with Crippen molar-refractivity contribution in [3.8, 4) is 11.5 Å². The Kier molecular flexibility index (Phi) is 7.65. The summed E-state index contributed by atoms with van der Waals surface area (Å²) < 4.78 is 11.5. The van der Waals surface area contributed by atoms with Crippen molar-refractivity contribution in [2.24, 2.45) is 0 Å². The van der Waals surface area contributed by atoms with Crippen LogP contribution in [0.5, 0.6) is 11.5 Å². The van der Waals surface area contributed by atoms with Gasteiger partial charge in [-0.15, -0.1) is 0 Å². The highest BCUT2D eigenvalue weighted by Crippen LogP contribution is 2.31. The van der Waals surface area contributed by atoms with Crippen LogP contribution >= 0.6 is 0 Å². The minimum absolute atomic E-state index is 0.502. The second-order valence-electron chi connectivity index (χ2n) is 5.97. The molecule has 0 saturated carbocycles. The van der Waals surface area contributed by atoms with Crippen LogP contribution in [0.15, 0.2) is 18.2 Å². The summed E-state index contributed by atoms with van der Waals surface area (Å²) in [4.78, 5) is 2.29. The van der Waals surface area contributed by atoms with Crippen molar-refractivity contribution in [1.82, 2.24) is 10.2 Å². The molecule has 1 unspecified atom stereocenters. The zero-order valence-corrected chi connectivity index (χ0v) is 14.4. The van der Waals surface area contributed by atoms with Crippen molar-refractivity contribution < 1.29 is 14.6 Å². The Hall–Kier alpha value is -1.30. The Labute approximate surface area is 139 Å². The topological polar surface area (TPSA) is 54.0 Å². The predicted molar refractivity (Wildman–Crippen MR) is 92.3 cm³/mol. The zero-order chi connectivity index (χ0) is 16.5. The number of nitrogens with one attached hydrogen (secondary N) is 1. The average Bonchev–Trinajstić information content (AvgIpc) is 2.59. The van der Waals surface area contributed by atoms with Crippen LogP contribution in [0.4, 0.5) is 0 Å². The van der Waals surface area contributed by atoms with E-state index in [0.29, 0.717) is 19.8 Å². The predicted octanol–water partition coefficient (Wildman–Crippen LogP) is 2.20. The lowest BCUT2D eigenvalue weighted by Gasteiger charge is -2.29. The van der Waals surface area contributed by atoms with Gasteiger partial charge in [0.05, 0.1) is 19.3 Å². The second-order valence-corrected chi connectivity index (χ2v) is 5.97. The molecule has 0 bridgehead atoms. The van der Waals surface area contributed by atoms with Gasteiger partial charge in [-0.25, -0.2) is 0 Å². The maximum Gasteiger partial charge on any atom is 0.161 e. The van der Waals surface area contributed by atoms with Crippen LogP contribution in [0.2, 0.25) is 0 Å². The number of rotatable bonds is 9. The molecule has 1 aromatic rings. The number of β-amino-alcohol motifs (C(OH)–C–C–N with tert-alkyl or cyclic N) is 1. The molecule has 0 radical (unpaired) electrons. The number of benzene rings is 1. The molecule has 2 rings (SSSR count). The summed E-state index contributed by atoms with van der Waals surface area (Å²) in [5, 5.41) is 13.9. The van der Waals surface area contributed by atoms with E-state index in [-0.39, 0.29) is 0 Å². The van der Waals surface area contributed by atoms with Gasteiger partial charge in [0, 0.05) is 32.7 Å². The summed E-state index contributed by atoms with van der Waals surface area (Å²) in [5.41, 5.74) is 0.887. The molecule has 1 heterocycles. The molecule has 1 atom stereocenters. The number of aliphatic hydroxyl groups is 1. The lowest BCUT2D eigenvalue weighted by atomic mass is 10.1. The van der Waals surface area contributed by atoms with Gasteiger partial charge in [0.15, 0.2) is 11.5 Å². The Morgan fingerprint density at radius 1 is 1.09 bits per heavy atom. The van der Waals surface area contributed by atoms with Gasteiger partial charge in [-0.1, -0.05) is 19.9 Å². The third-order valence-corrected chi connectivity index (χ3v) is 3.92. The SMILES string of the molecule is CCCOc1ccc(C(O)CN2CCNCC2)cc1OCCC. The van der Waals surface area contributed by atoms with Gasteiger partial charge in [-0.3, -0.25) is 4.90 Å². The van der Waals surface area contributed by atoms with Crippen molar-refractivity contribution in [1.29, 1.82) is 0 Å². The molecule has 0 spiro atoms. The number of nitrogens with zero attached hydrogens (tertiary/aromatic N) is 1. The first-order valence-corrected chi connectivity index (χ1v) is 8.75. The molecule has 0 amide bonds. The van der Waals surface area contributed by atoms with E-state index < -0.39 is 6.10 Å². The highest BCUT2D eigenvalue weighted by molar-refractivity contribution is 5.43. The molecule has 1 fully saturated rings. The van der Waals surface area contributed by atoms with Crippen LogP contribution in [0, 0.1) is 0 Å². The fourth-order valence-electron chi connectivity index (χ4n) is 2.63. The van der Waals surface area contributed by atoms with Crippen LogP contribution in [-0.4, -0.2) is 55.9 Å². The Balaban J connectivity index is 2.04. The van der Waals surface area contributed by atoms with E-state index in [9.17, 15) is 5.11 Å². The number of ether oxygens (including phenoxy) is 2. The zero-order valence-electron chi connectivity index (χ0n) is 14.4. The molecular weight excluding hydrogens is 292 g/mol. The summed E-state index contributed by atoms with van der Waals surface area (Å²) in [6.45, 7) is 10.1. The highest BCUT2D eigenvalue weighted by Gasteiger charge is 2.17. The minimum Gasteiger partial charge on any atom is -0.490 e. The van der Waals surface area contributed by atoms with Crippen molar-refractivity contribution >= 4 is 0 Å². The molecule has 0 aromatic heterocycles. The van der Waals surface area contributed by atoms with Gasteiger partial charge >= 0.3 is 0 Å². The van der Waals surface area contributed by atoms with Gasteiger partial charge < -0.3 is 19.9 Å². The summed E-state index contributed by atoms with van der Waals surface area (Å²) in [6, 6.07) is 5.78. The number of hydrogen-bond acceptors (Lipinski definition) is 5. The number of piperazine rings is 1. The maximum atomic E-state index is 10.5. The third-order valence-electron chi connectivity index (χ3n) is 3.92. The van der Waals surface area contributed by atoms with Crippen LogP contribution in [-0.2, 0) is 0 Å². The van der Waals surface area contributed by atoms with E-state index in [4.69, 9.17) is 9.47 Å². The number of aliphatic hydroxyl groups excluding tert-OH is 1. The molecule has 5 heteroatoms. The standard InChI is InChI=1S/C18H30N2O3/c1-3-11-22-17-6-5-15(13-18(17)23-12-4-2)16(21)14-20-9-7-19-8-10-20/h5-6,13,16,19,21H,3-4,7-12,14H2,1-2H3. The maximum absolute atomic E-state index is 10.5. The molecule has 1 aliphatic rings. The average molecular weight is 322 g/mol. The third kappa shape index (κ3) is 5.68. The summed E-state index contributed by atoms with van der Waals surface area (Å²) in [6.07, 6.45) is 1.40. The summed E-state index contributed by atoms with van der Waals surface area (Å²) in [7, 11) is 0. The van der Waals surface area contributed by atoms with E-state index in [0.717, 1.165) is 56.1 Å². The lowest BCUT2D eigenvalue weighted by molar-refractivity contribution is 0.105. The normalized spacial score (nSPS) is 17.0. The van der Waals surface area contributed by atoms with Gasteiger partial charge in [0.2, 0.25) is 0 Å². The Morgan fingerprint density at radius 3 is 2.39 bits per heavy atom. The second kappa shape index (κ2) is 9.75. The quantitative estimate of drug-likeness (QED) is 0.730. The first kappa shape index (κ1) is 18.0. The van der Waals surface area contributed by atoms with E-state index in [1.807, 2.05) is 18.2 Å². The molecule has 23 heavy (non-hydrogen) atoms. The van der Waals surface area contributed by atoms with Crippen molar-refractivity contribution in [2.45, 2.75) is 32.8 Å². The fourth-order valence-corrected chi connectivity index (χ4v) is 2.63. The molecule has 0 aliphatic carbocycles. The molecule has 2 N–H and O–H groups in total. The molecule has 1 aliphatic heterocycles. The van der Waals surface area contributed by atoms with Crippen molar-refractivity contribution in [3.05, 3.63) is 23.8 Å². The first-order chi connectivity index (χ1) is 11.2. The molecular formula is C18H30N2O3. The summed E-state index contributed by atoms with van der Waals surface area (Å²) in [5.74, 6) is 1.50. The van der Waals surface area contributed by atoms with Gasteiger partial charge in [0.1, 0.15) is 0 Å². The fraction of sp³-hybridized carbons (Fsp3) is 0.667. The largest absolute Gasteiger partial charge is 0.490 e. The smallest absolute Gasteiger partial charge is 0.161 e. The van der Waals surface area contributed by atoms with E-state index in [2.05, 4.69) is 24.1 Å².